The van der Waals surface area contributed by atoms with Crippen molar-refractivity contribution >= 4 is 5.91 Å². The van der Waals surface area contributed by atoms with Crippen molar-refractivity contribution in [1.29, 1.82) is 0 Å². The van der Waals surface area contributed by atoms with Gasteiger partial charge >= 0.3 is 0 Å². The summed E-state index contributed by atoms with van der Waals surface area (Å²) in [5.41, 5.74) is 1.32. The first-order valence-electron chi connectivity index (χ1n) is 9.12. The fourth-order valence-corrected chi connectivity index (χ4v) is 2.98. The van der Waals surface area contributed by atoms with Gasteiger partial charge in [0.05, 0.1) is 0 Å². The van der Waals surface area contributed by atoms with Crippen molar-refractivity contribution in [2.45, 2.75) is 53.4 Å². The van der Waals surface area contributed by atoms with Gasteiger partial charge in [-0.25, -0.2) is 0 Å². The lowest BCUT2D eigenvalue weighted by atomic mass is 10.0. The number of amides is 1. The maximum absolute atomic E-state index is 11.4. The van der Waals surface area contributed by atoms with E-state index >= 15 is 0 Å². The molecule has 0 aromatic heterocycles. The number of likely N-dealkylation sites (tertiary alicyclic amines) is 1. The number of rotatable bonds is 4. The largest absolute Gasteiger partial charge is 0.454 e. The van der Waals surface area contributed by atoms with E-state index in [4.69, 9.17) is 9.47 Å². The van der Waals surface area contributed by atoms with Crippen molar-refractivity contribution in [1.82, 2.24) is 4.90 Å². The van der Waals surface area contributed by atoms with Crippen molar-refractivity contribution in [3.8, 4) is 11.5 Å². The Morgan fingerprint density at radius 2 is 1.71 bits per heavy atom. The minimum atomic E-state index is 0.345. The lowest BCUT2D eigenvalue weighted by Crippen LogP contribution is -2.28. The van der Waals surface area contributed by atoms with E-state index in [2.05, 4.69) is 39.8 Å². The van der Waals surface area contributed by atoms with Crippen molar-refractivity contribution in [3.63, 3.8) is 0 Å². The highest BCUT2D eigenvalue weighted by Gasteiger charge is 2.18. The molecular formula is C20H31NO3. The maximum atomic E-state index is 11.4. The third kappa shape index (κ3) is 5.73. The van der Waals surface area contributed by atoms with Gasteiger partial charge in [0.15, 0.2) is 11.5 Å². The third-order valence-electron chi connectivity index (χ3n) is 4.12. The number of benzene rings is 1. The topological polar surface area (TPSA) is 38.8 Å². The lowest BCUT2D eigenvalue weighted by Gasteiger charge is -2.16. The molecule has 0 atom stereocenters. The van der Waals surface area contributed by atoms with E-state index in [0.29, 0.717) is 24.5 Å². The smallest absolute Gasteiger partial charge is 0.231 e. The normalized spacial score (nSPS) is 15.7. The molecule has 4 nitrogen and oxygen atoms in total. The number of hydrogen-bond donors (Lipinski definition) is 0. The van der Waals surface area contributed by atoms with Gasteiger partial charge in [-0.2, -0.15) is 0 Å². The average Bonchev–Trinajstić information content (AvgIpc) is 3.17. The van der Waals surface area contributed by atoms with Crippen LogP contribution in [-0.4, -0.2) is 30.7 Å². The summed E-state index contributed by atoms with van der Waals surface area (Å²) in [7, 11) is 0. The summed E-state index contributed by atoms with van der Waals surface area (Å²) < 4.78 is 10.5. The Morgan fingerprint density at radius 3 is 2.33 bits per heavy atom. The molecule has 0 spiro atoms. The minimum Gasteiger partial charge on any atom is -0.454 e. The molecule has 2 aliphatic heterocycles. The Kier molecular flexibility index (Phi) is 6.95. The number of fused-ring (bicyclic) bond motifs is 1. The first kappa shape index (κ1) is 18.6. The van der Waals surface area contributed by atoms with Crippen LogP contribution in [-0.2, 0) is 11.2 Å². The zero-order valence-corrected chi connectivity index (χ0v) is 15.5. The number of carbonyl (C=O) groups is 1. The molecule has 2 heterocycles. The first-order chi connectivity index (χ1) is 11.5. The standard InChI is InChI=1S/C11H14O2.C9H17NO/c1-8(2)5-9-3-4-10-11(6-9)13-7-12-10;1-8(2)7-9(11)10-5-3-4-6-10/h3-4,6,8H,5,7H2,1-2H3;8H,3-7H2,1-2H3. The van der Waals surface area contributed by atoms with E-state index in [1.807, 2.05) is 11.0 Å². The van der Waals surface area contributed by atoms with Crippen LogP contribution in [0.4, 0.5) is 0 Å². The second-order valence-corrected chi connectivity index (χ2v) is 7.47. The van der Waals surface area contributed by atoms with E-state index < -0.39 is 0 Å². The molecule has 0 radical (unpaired) electrons. The minimum absolute atomic E-state index is 0.345. The SMILES string of the molecule is CC(C)CC(=O)N1CCCC1.CC(C)Cc1ccc2c(c1)OCO2. The van der Waals surface area contributed by atoms with Crippen LogP contribution in [0.1, 0.15) is 52.5 Å². The molecule has 1 aromatic carbocycles. The quantitative estimate of drug-likeness (QED) is 0.826. The Morgan fingerprint density at radius 1 is 1.04 bits per heavy atom. The fraction of sp³-hybridized carbons (Fsp3) is 0.650. The van der Waals surface area contributed by atoms with Crippen LogP contribution in [0.25, 0.3) is 0 Å². The third-order valence-corrected chi connectivity index (χ3v) is 4.12. The summed E-state index contributed by atoms with van der Waals surface area (Å²) in [4.78, 5) is 13.4. The molecule has 0 bridgehead atoms. The van der Waals surface area contributed by atoms with Gasteiger partial charge in [0, 0.05) is 19.5 Å². The molecule has 0 aliphatic carbocycles. The monoisotopic (exact) mass is 333 g/mol. The van der Waals surface area contributed by atoms with Crippen LogP contribution in [0.2, 0.25) is 0 Å². The fourth-order valence-electron chi connectivity index (χ4n) is 2.98. The van der Waals surface area contributed by atoms with Crippen molar-refractivity contribution in [3.05, 3.63) is 23.8 Å². The van der Waals surface area contributed by atoms with Crippen molar-refractivity contribution in [2.75, 3.05) is 19.9 Å². The molecule has 134 valence electrons. The molecule has 0 unspecified atom stereocenters. The predicted molar refractivity (Wildman–Crippen MR) is 96.4 cm³/mol. The van der Waals surface area contributed by atoms with Crippen LogP contribution in [0.15, 0.2) is 18.2 Å². The predicted octanol–water partition coefficient (Wildman–Crippen LogP) is 4.27. The number of carbonyl (C=O) groups excluding carboxylic acids is 1. The van der Waals surface area contributed by atoms with E-state index in [-0.39, 0.29) is 0 Å². The van der Waals surface area contributed by atoms with Crippen LogP contribution in [0.5, 0.6) is 11.5 Å². The summed E-state index contributed by atoms with van der Waals surface area (Å²) in [6, 6.07) is 6.16. The van der Waals surface area contributed by atoms with E-state index in [9.17, 15) is 4.79 Å². The maximum Gasteiger partial charge on any atom is 0.231 e. The summed E-state index contributed by atoms with van der Waals surface area (Å²) >= 11 is 0. The molecule has 1 amide bonds. The molecular weight excluding hydrogens is 302 g/mol. The van der Waals surface area contributed by atoms with Gasteiger partial charge in [-0.05, 0) is 48.8 Å². The highest BCUT2D eigenvalue weighted by molar-refractivity contribution is 5.76. The Balaban J connectivity index is 0.000000177. The highest BCUT2D eigenvalue weighted by Crippen LogP contribution is 2.32. The molecule has 1 saturated heterocycles. The van der Waals surface area contributed by atoms with Gasteiger partial charge in [0.2, 0.25) is 12.7 Å². The molecule has 2 aliphatic rings. The zero-order valence-electron chi connectivity index (χ0n) is 15.5. The van der Waals surface area contributed by atoms with Gasteiger partial charge in [0.1, 0.15) is 0 Å². The molecule has 0 saturated carbocycles. The van der Waals surface area contributed by atoms with Crippen molar-refractivity contribution in [2.24, 2.45) is 11.8 Å². The molecule has 3 rings (SSSR count). The van der Waals surface area contributed by atoms with Gasteiger partial charge < -0.3 is 14.4 Å². The van der Waals surface area contributed by atoms with E-state index in [1.54, 1.807) is 0 Å². The number of nitrogens with zero attached hydrogens (tertiary/aromatic N) is 1. The molecule has 24 heavy (non-hydrogen) atoms. The zero-order chi connectivity index (χ0) is 17.5. The molecule has 1 aromatic rings. The van der Waals surface area contributed by atoms with Crippen LogP contribution >= 0.6 is 0 Å². The Bertz CT molecular complexity index is 534. The molecule has 1 fully saturated rings. The van der Waals surface area contributed by atoms with Crippen molar-refractivity contribution < 1.29 is 14.3 Å². The van der Waals surface area contributed by atoms with Crippen LogP contribution in [0, 0.1) is 11.8 Å². The number of ether oxygens (including phenoxy) is 2. The lowest BCUT2D eigenvalue weighted by molar-refractivity contribution is -0.130. The summed E-state index contributed by atoms with van der Waals surface area (Å²) in [5.74, 6) is 3.28. The van der Waals surface area contributed by atoms with Crippen LogP contribution in [0.3, 0.4) is 0 Å². The molecule has 0 N–H and O–H groups in total. The summed E-state index contributed by atoms with van der Waals surface area (Å²) in [5, 5.41) is 0. The van der Waals surface area contributed by atoms with Crippen LogP contribution < -0.4 is 9.47 Å². The summed E-state index contributed by atoms with van der Waals surface area (Å²) in [6.45, 7) is 11.0. The van der Waals surface area contributed by atoms with E-state index in [1.165, 1.54) is 18.4 Å². The Hall–Kier alpha value is -1.71. The van der Waals surface area contributed by atoms with Gasteiger partial charge in [0.25, 0.3) is 0 Å². The summed E-state index contributed by atoms with van der Waals surface area (Å²) in [6.07, 6.45) is 4.21. The second-order valence-electron chi connectivity index (χ2n) is 7.47. The Labute approximate surface area is 146 Å². The number of hydrogen-bond acceptors (Lipinski definition) is 3. The van der Waals surface area contributed by atoms with Gasteiger partial charge in [-0.15, -0.1) is 0 Å². The van der Waals surface area contributed by atoms with Gasteiger partial charge in [-0.1, -0.05) is 33.8 Å². The van der Waals surface area contributed by atoms with Gasteiger partial charge in [-0.3, -0.25) is 4.79 Å². The molecule has 4 heteroatoms. The first-order valence-corrected chi connectivity index (χ1v) is 9.12. The van der Waals surface area contributed by atoms with E-state index in [0.717, 1.165) is 37.4 Å². The average molecular weight is 333 g/mol. The second kappa shape index (κ2) is 8.95. The highest BCUT2D eigenvalue weighted by atomic mass is 16.7.